The van der Waals surface area contributed by atoms with Crippen LogP contribution in [0.3, 0.4) is 0 Å². The van der Waals surface area contributed by atoms with E-state index in [9.17, 15) is 4.21 Å². The molecule has 98 valence electrons. The Morgan fingerprint density at radius 3 is 3.00 bits per heavy atom. The van der Waals surface area contributed by atoms with E-state index in [-0.39, 0.29) is 0 Å². The Hall–Kier alpha value is -1.36. The first-order valence-corrected chi connectivity index (χ1v) is 7.57. The number of benzene rings is 1. The minimum absolute atomic E-state index is 0.374. The second-order valence-electron chi connectivity index (χ2n) is 4.60. The SMILES string of the molecule is CCC(C)CS(=O)Cc1nc2cc(N)ccc2o1. The molecule has 0 aliphatic rings. The highest BCUT2D eigenvalue weighted by Crippen LogP contribution is 2.19. The predicted molar refractivity (Wildman–Crippen MR) is 74.6 cm³/mol. The molecule has 5 heteroatoms. The van der Waals surface area contributed by atoms with E-state index in [2.05, 4.69) is 18.8 Å². The van der Waals surface area contributed by atoms with Crippen LogP contribution in [0.15, 0.2) is 22.6 Å². The van der Waals surface area contributed by atoms with E-state index in [4.69, 9.17) is 10.2 Å². The van der Waals surface area contributed by atoms with E-state index >= 15 is 0 Å². The molecule has 0 radical (unpaired) electrons. The van der Waals surface area contributed by atoms with Crippen molar-refractivity contribution in [2.24, 2.45) is 5.92 Å². The molecule has 2 atom stereocenters. The minimum atomic E-state index is -0.921. The van der Waals surface area contributed by atoms with Crippen molar-refractivity contribution in [2.75, 3.05) is 11.5 Å². The molecule has 0 aliphatic carbocycles. The number of anilines is 1. The van der Waals surface area contributed by atoms with Gasteiger partial charge in [-0.25, -0.2) is 4.98 Å². The van der Waals surface area contributed by atoms with E-state index in [0.29, 0.717) is 34.6 Å². The summed E-state index contributed by atoms with van der Waals surface area (Å²) in [6, 6.07) is 5.33. The molecule has 2 N–H and O–H groups in total. The third-order valence-corrected chi connectivity index (χ3v) is 4.42. The highest BCUT2D eigenvalue weighted by molar-refractivity contribution is 7.84. The van der Waals surface area contributed by atoms with Crippen LogP contribution in [0.1, 0.15) is 26.2 Å². The van der Waals surface area contributed by atoms with Crippen molar-refractivity contribution in [3.63, 3.8) is 0 Å². The van der Waals surface area contributed by atoms with Crippen molar-refractivity contribution in [1.82, 2.24) is 4.98 Å². The molecule has 2 aromatic rings. The first kappa shape index (κ1) is 13.1. The van der Waals surface area contributed by atoms with E-state index in [0.717, 1.165) is 11.9 Å². The third-order valence-electron chi connectivity index (χ3n) is 2.91. The standard InChI is InChI=1S/C13H18N2O2S/c1-3-9(2)7-18(16)8-13-15-11-6-10(14)4-5-12(11)17-13/h4-6,9H,3,7-8,14H2,1-2H3. The molecule has 18 heavy (non-hydrogen) atoms. The fraction of sp³-hybridized carbons (Fsp3) is 0.462. The average Bonchev–Trinajstić information content (AvgIpc) is 2.69. The summed E-state index contributed by atoms with van der Waals surface area (Å²) in [5, 5.41) is 0. The maximum absolute atomic E-state index is 11.9. The lowest BCUT2D eigenvalue weighted by Crippen LogP contribution is -2.08. The summed E-state index contributed by atoms with van der Waals surface area (Å²) in [6.45, 7) is 4.20. The summed E-state index contributed by atoms with van der Waals surface area (Å²) < 4.78 is 17.5. The highest BCUT2D eigenvalue weighted by Gasteiger charge is 2.12. The van der Waals surface area contributed by atoms with E-state index < -0.39 is 10.8 Å². The summed E-state index contributed by atoms with van der Waals surface area (Å²) in [5.74, 6) is 2.05. The van der Waals surface area contributed by atoms with Crippen LogP contribution >= 0.6 is 0 Å². The second kappa shape index (κ2) is 5.52. The lowest BCUT2D eigenvalue weighted by molar-refractivity contribution is 0.550. The zero-order valence-electron chi connectivity index (χ0n) is 10.7. The van der Waals surface area contributed by atoms with E-state index in [1.165, 1.54) is 0 Å². The van der Waals surface area contributed by atoms with E-state index in [1.807, 2.05) is 0 Å². The Morgan fingerprint density at radius 1 is 1.50 bits per heavy atom. The predicted octanol–water partition coefficient (Wildman–Crippen LogP) is 2.70. The van der Waals surface area contributed by atoms with Gasteiger partial charge in [-0.3, -0.25) is 4.21 Å². The molecule has 0 bridgehead atoms. The van der Waals surface area contributed by atoms with Crippen molar-refractivity contribution in [3.05, 3.63) is 24.1 Å². The van der Waals surface area contributed by atoms with Gasteiger partial charge in [0.15, 0.2) is 5.58 Å². The Balaban J connectivity index is 2.10. The van der Waals surface area contributed by atoms with Crippen LogP contribution in [0.4, 0.5) is 5.69 Å². The van der Waals surface area contributed by atoms with Crippen molar-refractivity contribution in [2.45, 2.75) is 26.0 Å². The number of oxazole rings is 1. The molecule has 1 aromatic carbocycles. The third kappa shape index (κ3) is 3.10. The molecule has 1 aromatic heterocycles. The monoisotopic (exact) mass is 266 g/mol. The number of fused-ring (bicyclic) bond motifs is 1. The lowest BCUT2D eigenvalue weighted by atomic mass is 10.2. The molecule has 2 rings (SSSR count). The van der Waals surface area contributed by atoms with Gasteiger partial charge in [-0.15, -0.1) is 0 Å². The average molecular weight is 266 g/mol. The number of hydrogen-bond donors (Lipinski definition) is 1. The van der Waals surface area contributed by atoms with Gasteiger partial charge in [-0.1, -0.05) is 20.3 Å². The molecule has 1 heterocycles. The second-order valence-corrected chi connectivity index (χ2v) is 6.10. The number of aromatic nitrogens is 1. The van der Waals surface area contributed by atoms with Crippen LogP contribution in [0.2, 0.25) is 0 Å². The molecule has 0 spiro atoms. The molecule has 0 fully saturated rings. The maximum atomic E-state index is 11.9. The Morgan fingerprint density at radius 2 is 2.28 bits per heavy atom. The summed E-state index contributed by atoms with van der Waals surface area (Å²) in [6.07, 6.45) is 1.04. The molecule has 0 saturated carbocycles. The van der Waals surface area contributed by atoms with Gasteiger partial charge in [0, 0.05) is 22.2 Å². The molecular weight excluding hydrogens is 248 g/mol. The number of nitrogens with zero attached hydrogens (tertiary/aromatic N) is 1. The smallest absolute Gasteiger partial charge is 0.208 e. The Kier molecular flexibility index (Phi) is 4.01. The fourth-order valence-electron chi connectivity index (χ4n) is 1.69. The molecule has 0 saturated heterocycles. The number of nitrogens with two attached hydrogens (primary N) is 1. The normalized spacial score (nSPS) is 14.8. The maximum Gasteiger partial charge on any atom is 0.208 e. The van der Waals surface area contributed by atoms with E-state index in [1.54, 1.807) is 18.2 Å². The molecule has 0 amide bonds. The largest absolute Gasteiger partial charge is 0.440 e. The van der Waals surface area contributed by atoms with Gasteiger partial charge in [0.1, 0.15) is 11.3 Å². The first-order chi connectivity index (χ1) is 8.58. The van der Waals surface area contributed by atoms with Crippen LogP contribution in [-0.2, 0) is 16.6 Å². The fourth-order valence-corrected chi connectivity index (χ4v) is 3.07. The number of hydrogen-bond acceptors (Lipinski definition) is 4. The van der Waals surface area contributed by atoms with Gasteiger partial charge >= 0.3 is 0 Å². The van der Waals surface area contributed by atoms with Crippen LogP contribution in [-0.4, -0.2) is 14.9 Å². The van der Waals surface area contributed by atoms with Crippen LogP contribution in [0, 0.1) is 5.92 Å². The van der Waals surface area contributed by atoms with Crippen molar-refractivity contribution in [3.8, 4) is 0 Å². The summed E-state index contributed by atoms with van der Waals surface area (Å²) in [7, 11) is -0.921. The van der Waals surface area contributed by atoms with Gasteiger partial charge in [-0.05, 0) is 24.1 Å². The van der Waals surface area contributed by atoms with Gasteiger partial charge in [0.2, 0.25) is 5.89 Å². The van der Waals surface area contributed by atoms with Crippen LogP contribution in [0.25, 0.3) is 11.1 Å². The summed E-state index contributed by atoms with van der Waals surface area (Å²) in [5.41, 5.74) is 7.75. The van der Waals surface area contributed by atoms with Gasteiger partial charge in [0.05, 0.1) is 0 Å². The van der Waals surface area contributed by atoms with Crippen LogP contribution in [0.5, 0.6) is 0 Å². The molecular formula is C13H18N2O2S. The topological polar surface area (TPSA) is 69.1 Å². The Labute approximate surface area is 109 Å². The zero-order valence-corrected chi connectivity index (χ0v) is 11.5. The van der Waals surface area contributed by atoms with Crippen molar-refractivity contribution < 1.29 is 8.63 Å². The van der Waals surface area contributed by atoms with Crippen molar-refractivity contribution >= 4 is 27.6 Å². The van der Waals surface area contributed by atoms with Gasteiger partial charge in [0.25, 0.3) is 0 Å². The minimum Gasteiger partial charge on any atom is -0.440 e. The quantitative estimate of drug-likeness (QED) is 0.845. The molecule has 4 nitrogen and oxygen atoms in total. The highest BCUT2D eigenvalue weighted by atomic mass is 32.2. The van der Waals surface area contributed by atoms with Gasteiger partial charge in [-0.2, -0.15) is 0 Å². The Bertz CT molecular complexity index is 565. The summed E-state index contributed by atoms with van der Waals surface area (Å²) in [4.78, 5) is 4.31. The van der Waals surface area contributed by atoms with Gasteiger partial charge < -0.3 is 10.2 Å². The molecule has 2 unspecified atom stereocenters. The van der Waals surface area contributed by atoms with Crippen molar-refractivity contribution in [1.29, 1.82) is 0 Å². The zero-order chi connectivity index (χ0) is 13.1. The summed E-state index contributed by atoms with van der Waals surface area (Å²) >= 11 is 0. The lowest BCUT2D eigenvalue weighted by Gasteiger charge is -2.05. The van der Waals surface area contributed by atoms with Crippen LogP contribution < -0.4 is 5.73 Å². The number of nitrogen functional groups attached to an aromatic ring is 1. The first-order valence-electron chi connectivity index (χ1n) is 6.08. The number of rotatable bonds is 5. The molecule has 0 aliphatic heterocycles.